The number of carbonyl (C=O) groups is 2. The quantitative estimate of drug-likeness (QED) is 0.485. The number of hydroxylamine groups is 1. The molecule has 0 aliphatic carbocycles. The monoisotopic (exact) mass is 324 g/mol. The summed E-state index contributed by atoms with van der Waals surface area (Å²) in [6.07, 6.45) is -0.261. The van der Waals surface area contributed by atoms with E-state index in [1.54, 1.807) is 20.8 Å². The number of nitrogens with one attached hydrogen (secondary N) is 1. The van der Waals surface area contributed by atoms with Crippen LogP contribution in [-0.4, -0.2) is 29.5 Å². The highest BCUT2D eigenvalue weighted by Gasteiger charge is 2.19. The van der Waals surface area contributed by atoms with Crippen LogP contribution in [0.25, 0.3) is 0 Å². The summed E-state index contributed by atoms with van der Waals surface area (Å²) in [5.74, 6) is -0.983. The third-order valence-electron chi connectivity index (χ3n) is 2.74. The van der Waals surface area contributed by atoms with E-state index in [4.69, 9.17) is 4.84 Å². The fourth-order valence-electron chi connectivity index (χ4n) is 1.73. The van der Waals surface area contributed by atoms with E-state index in [2.05, 4.69) is 10.2 Å². The molecule has 1 aromatic rings. The van der Waals surface area contributed by atoms with E-state index >= 15 is 0 Å². The maximum absolute atomic E-state index is 11.8. The second-order valence-electron chi connectivity index (χ2n) is 5.89. The third kappa shape index (κ3) is 6.43. The summed E-state index contributed by atoms with van der Waals surface area (Å²) in [6.45, 7) is 5.36. The smallest absolute Gasteiger partial charge is 0.310 e. The van der Waals surface area contributed by atoms with Gasteiger partial charge in [-0.2, -0.15) is 0 Å². The van der Waals surface area contributed by atoms with Gasteiger partial charge in [-0.25, -0.2) is 5.48 Å². The first kappa shape index (κ1) is 18.6. The molecule has 0 saturated carbocycles. The van der Waals surface area contributed by atoms with Gasteiger partial charge >= 0.3 is 5.97 Å². The van der Waals surface area contributed by atoms with E-state index in [9.17, 15) is 19.7 Å². The number of hydrogen-bond acceptors (Lipinski definition) is 6. The van der Waals surface area contributed by atoms with Crippen LogP contribution in [0.1, 0.15) is 31.9 Å². The van der Waals surface area contributed by atoms with Crippen molar-refractivity contribution in [1.82, 2.24) is 5.48 Å². The molecule has 0 aromatic heterocycles. The fourth-order valence-corrected chi connectivity index (χ4v) is 1.73. The highest BCUT2D eigenvalue weighted by atomic mass is 16.7. The van der Waals surface area contributed by atoms with Crippen molar-refractivity contribution < 1.29 is 24.1 Å². The van der Waals surface area contributed by atoms with Crippen LogP contribution in [0.15, 0.2) is 18.2 Å². The predicted octanol–water partition coefficient (Wildman–Crippen LogP) is 1.70. The van der Waals surface area contributed by atoms with Crippen molar-refractivity contribution in [3.63, 3.8) is 0 Å². The molecule has 8 nitrogen and oxygen atoms in total. The van der Waals surface area contributed by atoms with Gasteiger partial charge < -0.3 is 4.74 Å². The highest BCUT2D eigenvalue weighted by Crippen LogP contribution is 2.21. The van der Waals surface area contributed by atoms with Gasteiger partial charge in [0.1, 0.15) is 0 Å². The van der Waals surface area contributed by atoms with Gasteiger partial charge in [0, 0.05) is 11.6 Å². The summed E-state index contributed by atoms with van der Waals surface area (Å²) in [5, 5.41) is 11.0. The molecule has 0 radical (unpaired) electrons. The van der Waals surface area contributed by atoms with Gasteiger partial charge in [0.15, 0.2) is 0 Å². The lowest BCUT2D eigenvalue weighted by molar-refractivity contribution is -0.385. The Morgan fingerprint density at radius 1 is 1.26 bits per heavy atom. The Morgan fingerprint density at radius 2 is 1.91 bits per heavy atom. The second-order valence-corrected chi connectivity index (χ2v) is 5.89. The largest absolute Gasteiger partial charge is 0.469 e. The number of carbonyl (C=O) groups excluding carboxylic acids is 2. The predicted molar refractivity (Wildman–Crippen MR) is 81.5 cm³/mol. The minimum atomic E-state index is -0.592. The van der Waals surface area contributed by atoms with Crippen LogP contribution in [0.3, 0.4) is 0 Å². The molecular weight excluding hydrogens is 304 g/mol. The molecule has 1 N–H and O–H groups in total. The van der Waals surface area contributed by atoms with Gasteiger partial charge in [0.25, 0.3) is 5.69 Å². The summed E-state index contributed by atoms with van der Waals surface area (Å²) >= 11 is 0. The molecule has 1 amide bonds. The zero-order chi connectivity index (χ0) is 17.6. The van der Waals surface area contributed by atoms with Gasteiger partial charge in [0.05, 0.1) is 30.5 Å². The van der Waals surface area contributed by atoms with Crippen LogP contribution in [0, 0.1) is 10.1 Å². The molecule has 126 valence electrons. The minimum Gasteiger partial charge on any atom is -0.469 e. The first-order valence-electron chi connectivity index (χ1n) is 6.92. The molecule has 8 heteroatoms. The summed E-state index contributed by atoms with van der Waals surface area (Å²) in [4.78, 5) is 38.7. The van der Waals surface area contributed by atoms with E-state index in [0.717, 1.165) is 0 Å². The van der Waals surface area contributed by atoms with Crippen LogP contribution in [0.4, 0.5) is 5.69 Å². The molecule has 1 aromatic carbocycles. The average molecular weight is 324 g/mol. The number of amides is 1. The van der Waals surface area contributed by atoms with Crippen molar-refractivity contribution in [3.05, 3.63) is 39.4 Å². The van der Waals surface area contributed by atoms with Crippen LogP contribution < -0.4 is 5.48 Å². The zero-order valence-corrected chi connectivity index (χ0v) is 13.5. The highest BCUT2D eigenvalue weighted by molar-refractivity contribution is 5.78. The number of ether oxygens (including phenoxy) is 1. The van der Waals surface area contributed by atoms with Gasteiger partial charge in [-0.1, -0.05) is 6.07 Å². The number of rotatable bonds is 6. The Hall–Kier alpha value is -2.48. The molecule has 0 aliphatic heterocycles. The Balaban J connectivity index is 2.88. The number of nitro groups is 1. The number of hydrogen-bond donors (Lipinski definition) is 1. The number of esters is 1. The van der Waals surface area contributed by atoms with Crippen LogP contribution in [0.5, 0.6) is 0 Å². The maximum Gasteiger partial charge on any atom is 0.310 e. The Labute approximate surface area is 133 Å². The molecule has 0 fully saturated rings. The van der Waals surface area contributed by atoms with Gasteiger partial charge in [-0.05, 0) is 32.4 Å². The summed E-state index contributed by atoms with van der Waals surface area (Å²) in [5.41, 5.74) is 2.33. The third-order valence-corrected chi connectivity index (χ3v) is 2.74. The van der Waals surface area contributed by atoms with E-state index in [-0.39, 0.29) is 24.1 Å². The molecule has 0 heterocycles. The van der Waals surface area contributed by atoms with Crippen molar-refractivity contribution >= 4 is 17.6 Å². The number of nitro benzene ring substituents is 1. The Kier molecular flexibility index (Phi) is 6.20. The SMILES string of the molecule is COC(=O)Cc1cc(CC(=O)NOC(C)(C)C)ccc1[N+](=O)[O-]. The lowest BCUT2D eigenvalue weighted by Gasteiger charge is -2.18. The first-order chi connectivity index (χ1) is 10.6. The molecule has 23 heavy (non-hydrogen) atoms. The summed E-state index contributed by atoms with van der Waals surface area (Å²) in [6, 6.07) is 4.19. The van der Waals surface area contributed by atoms with Crippen LogP contribution in [0.2, 0.25) is 0 Å². The standard InChI is InChI=1S/C15H20N2O6/c1-15(2,3)23-16-13(18)8-10-5-6-12(17(20)21)11(7-10)9-14(19)22-4/h5-7H,8-9H2,1-4H3,(H,16,18). The van der Waals surface area contributed by atoms with Crippen molar-refractivity contribution in [1.29, 1.82) is 0 Å². The van der Waals surface area contributed by atoms with Crippen molar-refractivity contribution in [2.75, 3.05) is 7.11 Å². The lowest BCUT2D eigenvalue weighted by atomic mass is 10.0. The topological polar surface area (TPSA) is 108 Å². The van der Waals surface area contributed by atoms with Gasteiger partial charge in [0.2, 0.25) is 5.91 Å². The van der Waals surface area contributed by atoms with E-state index in [0.29, 0.717) is 5.56 Å². The van der Waals surface area contributed by atoms with Crippen LogP contribution >= 0.6 is 0 Å². The van der Waals surface area contributed by atoms with Crippen molar-refractivity contribution in [2.24, 2.45) is 0 Å². The molecule has 0 bridgehead atoms. The summed E-state index contributed by atoms with van der Waals surface area (Å²) < 4.78 is 4.53. The van der Waals surface area contributed by atoms with Crippen molar-refractivity contribution in [3.8, 4) is 0 Å². The number of nitrogens with zero attached hydrogens (tertiary/aromatic N) is 1. The normalized spacial score (nSPS) is 11.0. The molecular formula is C15H20N2O6. The Morgan fingerprint density at radius 3 is 2.43 bits per heavy atom. The molecule has 0 atom stereocenters. The molecule has 0 aliphatic rings. The van der Waals surface area contributed by atoms with E-state index in [1.165, 1.54) is 25.3 Å². The van der Waals surface area contributed by atoms with E-state index in [1.807, 2.05) is 0 Å². The fraction of sp³-hybridized carbons (Fsp3) is 0.467. The zero-order valence-electron chi connectivity index (χ0n) is 13.5. The number of methoxy groups -OCH3 is 1. The first-order valence-corrected chi connectivity index (χ1v) is 6.92. The Bertz CT molecular complexity index is 606. The average Bonchev–Trinajstić information content (AvgIpc) is 2.44. The number of benzene rings is 1. The second kappa shape index (κ2) is 7.68. The van der Waals surface area contributed by atoms with Crippen LogP contribution in [-0.2, 0) is 32.0 Å². The van der Waals surface area contributed by atoms with Crippen molar-refractivity contribution in [2.45, 2.75) is 39.2 Å². The molecule has 1 rings (SSSR count). The molecule has 0 unspecified atom stereocenters. The van der Waals surface area contributed by atoms with E-state index < -0.39 is 22.4 Å². The van der Waals surface area contributed by atoms with Gasteiger partial charge in [-0.3, -0.25) is 24.5 Å². The maximum atomic E-state index is 11.8. The lowest BCUT2D eigenvalue weighted by Crippen LogP contribution is -2.34. The summed E-state index contributed by atoms with van der Waals surface area (Å²) in [7, 11) is 1.20. The van der Waals surface area contributed by atoms with Gasteiger partial charge in [-0.15, -0.1) is 0 Å². The minimum absolute atomic E-state index is 0.0255. The molecule has 0 saturated heterocycles. The molecule has 0 spiro atoms.